The van der Waals surface area contributed by atoms with Crippen molar-refractivity contribution < 1.29 is 9.53 Å². The van der Waals surface area contributed by atoms with Crippen LogP contribution in [0, 0.1) is 0 Å². The lowest BCUT2D eigenvalue weighted by Gasteiger charge is -2.28. The number of ether oxygens (including phenoxy) is 1. The summed E-state index contributed by atoms with van der Waals surface area (Å²) in [6.45, 7) is 4.91. The number of amides is 1. The molecule has 2 aliphatic rings. The van der Waals surface area contributed by atoms with Crippen molar-refractivity contribution in [2.24, 2.45) is 0 Å². The summed E-state index contributed by atoms with van der Waals surface area (Å²) in [5.74, 6) is 0.283. The van der Waals surface area contributed by atoms with Gasteiger partial charge in [0, 0.05) is 32.8 Å². The highest BCUT2D eigenvalue weighted by Crippen LogP contribution is 2.16. The Labute approximate surface area is 145 Å². The van der Waals surface area contributed by atoms with E-state index in [-0.39, 0.29) is 12.0 Å². The van der Waals surface area contributed by atoms with E-state index in [1.54, 1.807) is 0 Å². The molecule has 3 rings (SSSR count). The molecular formula is C20H30N2O2. The van der Waals surface area contributed by atoms with Gasteiger partial charge in [-0.3, -0.25) is 9.69 Å². The first-order valence-electron chi connectivity index (χ1n) is 9.47. The molecule has 0 aromatic heterocycles. The number of hydrogen-bond acceptors (Lipinski definition) is 3. The second-order valence-corrected chi connectivity index (χ2v) is 7.09. The van der Waals surface area contributed by atoms with E-state index in [0.29, 0.717) is 6.54 Å². The minimum atomic E-state index is 0.283. The molecule has 24 heavy (non-hydrogen) atoms. The third kappa shape index (κ3) is 5.32. The Morgan fingerprint density at radius 2 is 1.83 bits per heavy atom. The van der Waals surface area contributed by atoms with Crippen LogP contribution < -0.4 is 0 Å². The summed E-state index contributed by atoms with van der Waals surface area (Å²) in [7, 11) is 0. The van der Waals surface area contributed by atoms with Crippen molar-refractivity contribution in [1.29, 1.82) is 0 Å². The van der Waals surface area contributed by atoms with Gasteiger partial charge in [-0.15, -0.1) is 0 Å². The molecule has 0 spiro atoms. The van der Waals surface area contributed by atoms with E-state index in [1.165, 1.54) is 18.4 Å². The molecule has 0 N–H and O–H groups in total. The summed E-state index contributed by atoms with van der Waals surface area (Å²) in [5.41, 5.74) is 1.26. The summed E-state index contributed by atoms with van der Waals surface area (Å²) in [6, 6.07) is 10.4. The first-order valence-corrected chi connectivity index (χ1v) is 9.47. The molecule has 0 bridgehead atoms. The summed E-state index contributed by atoms with van der Waals surface area (Å²) < 4.78 is 5.80. The Morgan fingerprint density at radius 1 is 1.08 bits per heavy atom. The molecule has 1 amide bonds. The molecule has 4 nitrogen and oxygen atoms in total. The highest BCUT2D eigenvalue weighted by Gasteiger charge is 2.23. The summed E-state index contributed by atoms with van der Waals surface area (Å²) in [4.78, 5) is 17.1. The highest BCUT2D eigenvalue weighted by atomic mass is 16.5. The van der Waals surface area contributed by atoms with E-state index in [9.17, 15) is 4.79 Å². The third-order valence-corrected chi connectivity index (χ3v) is 5.05. The van der Waals surface area contributed by atoms with Crippen LogP contribution >= 0.6 is 0 Å². The maximum atomic E-state index is 12.8. The fraction of sp³-hybridized carbons (Fsp3) is 0.650. The SMILES string of the molecule is O=C(CN(Cc1ccccc1)CC1CCCO1)N1CCCCCC1. The number of nitrogens with zero attached hydrogens (tertiary/aromatic N) is 2. The Balaban J connectivity index is 1.60. The third-order valence-electron chi connectivity index (χ3n) is 5.05. The normalized spacial score (nSPS) is 21.9. The average molecular weight is 330 g/mol. The zero-order valence-electron chi connectivity index (χ0n) is 14.7. The van der Waals surface area contributed by atoms with Crippen molar-refractivity contribution in [2.45, 2.75) is 51.2 Å². The molecule has 0 radical (unpaired) electrons. The molecule has 1 unspecified atom stereocenters. The summed E-state index contributed by atoms with van der Waals surface area (Å²) in [5, 5.41) is 0. The number of carbonyl (C=O) groups excluding carboxylic acids is 1. The van der Waals surface area contributed by atoms with Gasteiger partial charge in [0.2, 0.25) is 5.91 Å². The van der Waals surface area contributed by atoms with Crippen LogP contribution in [0.4, 0.5) is 0 Å². The molecule has 132 valence electrons. The van der Waals surface area contributed by atoms with Crippen LogP contribution in [-0.4, -0.2) is 54.6 Å². The van der Waals surface area contributed by atoms with Crippen molar-refractivity contribution >= 4 is 5.91 Å². The fourth-order valence-corrected chi connectivity index (χ4v) is 3.71. The Morgan fingerprint density at radius 3 is 2.50 bits per heavy atom. The molecule has 2 aliphatic heterocycles. The number of hydrogen-bond donors (Lipinski definition) is 0. The van der Waals surface area contributed by atoms with Crippen molar-refractivity contribution in [3.05, 3.63) is 35.9 Å². The first kappa shape index (κ1) is 17.4. The molecule has 0 aliphatic carbocycles. The molecule has 1 aromatic rings. The molecule has 0 saturated carbocycles. The van der Waals surface area contributed by atoms with Gasteiger partial charge in [-0.25, -0.2) is 0 Å². The van der Waals surface area contributed by atoms with E-state index in [4.69, 9.17) is 4.74 Å². The smallest absolute Gasteiger partial charge is 0.236 e. The minimum absolute atomic E-state index is 0.283. The Bertz CT molecular complexity index is 492. The van der Waals surface area contributed by atoms with Crippen LogP contribution in [0.2, 0.25) is 0 Å². The van der Waals surface area contributed by atoms with E-state index < -0.39 is 0 Å². The van der Waals surface area contributed by atoms with Crippen molar-refractivity contribution in [1.82, 2.24) is 9.80 Å². The highest BCUT2D eigenvalue weighted by molar-refractivity contribution is 5.78. The van der Waals surface area contributed by atoms with E-state index >= 15 is 0 Å². The van der Waals surface area contributed by atoms with Crippen molar-refractivity contribution in [2.75, 3.05) is 32.8 Å². The summed E-state index contributed by atoms with van der Waals surface area (Å²) in [6.07, 6.45) is 7.35. The average Bonchev–Trinajstić information content (AvgIpc) is 2.95. The Hall–Kier alpha value is -1.39. The lowest BCUT2D eigenvalue weighted by atomic mass is 10.2. The lowest BCUT2D eigenvalue weighted by Crippen LogP contribution is -2.43. The van der Waals surface area contributed by atoms with Gasteiger partial charge in [-0.2, -0.15) is 0 Å². The minimum Gasteiger partial charge on any atom is -0.377 e. The van der Waals surface area contributed by atoms with E-state index in [1.807, 2.05) is 6.07 Å². The van der Waals surface area contributed by atoms with Crippen LogP contribution in [0.1, 0.15) is 44.1 Å². The monoisotopic (exact) mass is 330 g/mol. The zero-order chi connectivity index (χ0) is 16.6. The van der Waals surface area contributed by atoms with Crippen LogP contribution in [-0.2, 0) is 16.1 Å². The van der Waals surface area contributed by atoms with Crippen LogP contribution in [0.15, 0.2) is 30.3 Å². The van der Waals surface area contributed by atoms with Gasteiger partial charge in [0.15, 0.2) is 0 Å². The van der Waals surface area contributed by atoms with Gasteiger partial charge < -0.3 is 9.64 Å². The van der Waals surface area contributed by atoms with E-state index in [2.05, 4.69) is 34.1 Å². The Kier molecular flexibility index (Phi) is 6.67. The van der Waals surface area contributed by atoms with E-state index in [0.717, 1.165) is 58.5 Å². The quantitative estimate of drug-likeness (QED) is 0.803. The van der Waals surface area contributed by atoms with Gasteiger partial charge >= 0.3 is 0 Å². The van der Waals surface area contributed by atoms with Crippen molar-refractivity contribution in [3.63, 3.8) is 0 Å². The largest absolute Gasteiger partial charge is 0.377 e. The lowest BCUT2D eigenvalue weighted by molar-refractivity contribution is -0.132. The first-order chi connectivity index (χ1) is 11.8. The zero-order valence-corrected chi connectivity index (χ0v) is 14.7. The number of carbonyl (C=O) groups is 1. The topological polar surface area (TPSA) is 32.8 Å². The predicted octanol–water partition coefficient (Wildman–Crippen LogP) is 3.07. The van der Waals surface area contributed by atoms with Crippen LogP contribution in [0.5, 0.6) is 0 Å². The molecule has 1 atom stereocenters. The molecular weight excluding hydrogens is 300 g/mol. The van der Waals surface area contributed by atoms with Gasteiger partial charge in [0.25, 0.3) is 0 Å². The van der Waals surface area contributed by atoms with Gasteiger partial charge in [-0.1, -0.05) is 43.2 Å². The van der Waals surface area contributed by atoms with Crippen molar-refractivity contribution in [3.8, 4) is 0 Å². The second-order valence-electron chi connectivity index (χ2n) is 7.09. The van der Waals surface area contributed by atoms with Crippen LogP contribution in [0.25, 0.3) is 0 Å². The maximum absolute atomic E-state index is 12.8. The molecule has 2 heterocycles. The predicted molar refractivity (Wildman–Crippen MR) is 95.7 cm³/mol. The standard InChI is InChI=1S/C20H30N2O2/c23-20(22-12-6-1-2-7-13-22)17-21(16-19-11-8-14-24-19)15-18-9-4-3-5-10-18/h3-5,9-10,19H,1-2,6-8,11-17H2. The second kappa shape index (κ2) is 9.19. The number of benzene rings is 1. The fourth-order valence-electron chi connectivity index (χ4n) is 3.71. The molecule has 2 saturated heterocycles. The summed E-state index contributed by atoms with van der Waals surface area (Å²) >= 11 is 0. The number of rotatable bonds is 6. The van der Waals surface area contributed by atoms with Crippen LogP contribution in [0.3, 0.4) is 0 Å². The molecule has 4 heteroatoms. The van der Waals surface area contributed by atoms with Gasteiger partial charge in [0.05, 0.1) is 12.6 Å². The molecule has 1 aromatic carbocycles. The maximum Gasteiger partial charge on any atom is 0.236 e. The van der Waals surface area contributed by atoms with Gasteiger partial charge in [-0.05, 0) is 31.2 Å². The molecule has 2 fully saturated rings. The number of likely N-dealkylation sites (tertiary alicyclic amines) is 1. The van der Waals surface area contributed by atoms with Gasteiger partial charge in [0.1, 0.15) is 0 Å².